The maximum Gasteiger partial charge on any atom is 0.341 e. The van der Waals surface area contributed by atoms with Crippen molar-refractivity contribution in [2.75, 3.05) is 12.4 Å². The molecule has 0 bridgehead atoms. The summed E-state index contributed by atoms with van der Waals surface area (Å²) in [5, 5.41) is 3.42. The molecule has 1 aliphatic carbocycles. The van der Waals surface area contributed by atoms with E-state index in [4.69, 9.17) is 4.74 Å². The number of methoxy groups -OCH3 is 1. The zero-order valence-electron chi connectivity index (χ0n) is 14.9. The number of fused-ring (bicyclic) bond motifs is 1. The lowest BCUT2D eigenvalue weighted by atomic mass is 9.85. The van der Waals surface area contributed by atoms with Gasteiger partial charge in [0.15, 0.2) is 0 Å². The van der Waals surface area contributed by atoms with E-state index in [0.717, 1.165) is 36.8 Å². The van der Waals surface area contributed by atoms with E-state index in [1.54, 1.807) is 12.1 Å². The van der Waals surface area contributed by atoms with Gasteiger partial charge in [-0.25, -0.2) is 9.18 Å². The molecule has 3 rings (SSSR count). The molecule has 138 valence electrons. The van der Waals surface area contributed by atoms with Crippen LogP contribution in [0.25, 0.3) is 0 Å². The van der Waals surface area contributed by atoms with E-state index in [0.29, 0.717) is 16.5 Å². The highest BCUT2D eigenvalue weighted by atomic mass is 32.1. The summed E-state index contributed by atoms with van der Waals surface area (Å²) in [6.07, 6.45) is 4.06. The van der Waals surface area contributed by atoms with Gasteiger partial charge in [-0.3, -0.25) is 4.79 Å². The summed E-state index contributed by atoms with van der Waals surface area (Å²) in [4.78, 5) is 25.9. The third kappa shape index (κ3) is 3.96. The Bertz CT molecular complexity index is 813. The predicted molar refractivity (Wildman–Crippen MR) is 100 cm³/mol. The molecule has 0 unspecified atom stereocenters. The van der Waals surface area contributed by atoms with Crippen LogP contribution >= 0.6 is 11.3 Å². The number of ether oxygens (including phenoxy) is 1. The maximum absolute atomic E-state index is 13.0. The van der Waals surface area contributed by atoms with Crippen LogP contribution < -0.4 is 5.32 Å². The average Bonchev–Trinajstić information content (AvgIpc) is 2.99. The molecular weight excluding hydrogens is 353 g/mol. The van der Waals surface area contributed by atoms with E-state index >= 15 is 0 Å². The topological polar surface area (TPSA) is 55.4 Å². The van der Waals surface area contributed by atoms with Crippen LogP contribution in [0.3, 0.4) is 0 Å². The third-order valence-electron chi connectivity index (χ3n) is 4.87. The Morgan fingerprint density at radius 3 is 2.69 bits per heavy atom. The Morgan fingerprint density at radius 1 is 1.31 bits per heavy atom. The van der Waals surface area contributed by atoms with Gasteiger partial charge in [0.05, 0.1) is 19.1 Å². The Kier molecular flexibility index (Phi) is 5.71. The fourth-order valence-electron chi connectivity index (χ4n) is 3.37. The molecule has 1 heterocycles. The average molecular weight is 375 g/mol. The van der Waals surface area contributed by atoms with Crippen LogP contribution in [0.2, 0.25) is 0 Å². The fourth-order valence-corrected chi connectivity index (χ4v) is 4.73. The summed E-state index contributed by atoms with van der Waals surface area (Å²) in [6.45, 7) is 2.18. The lowest BCUT2D eigenvalue weighted by molar-refractivity contribution is -0.115. The minimum Gasteiger partial charge on any atom is -0.465 e. The van der Waals surface area contributed by atoms with Crippen molar-refractivity contribution < 1.29 is 18.7 Å². The minimum absolute atomic E-state index is 0.126. The molecule has 1 aromatic heterocycles. The van der Waals surface area contributed by atoms with Gasteiger partial charge < -0.3 is 10.1 Å². The monoisotopic (exact) mass is 375 g/mol. The summed E-state index contributed by atoms with van der Waals surface area (Å²) >= 11 is 1.47. The molecule has 0 aliphatic heterocycles. The van der Waals surface area contributed by atoms with E-state index in [1.165, 1.54) is 35.5 Å². The van der Waals surface area contributed by atoms with Gasteiger partial charge in [-0.05, 0) is 48.4 Å². The molecule has 1 N–H and O–H groups in total. The summed E-state index contributed by atoms with van der Waals surface area (Å²) in [6, 6.07) is 5.83. The third-order valence-corrected chi connectivity index (χ3v) is 6.03. The molecule has 0 spiro atoms. The Morgan fingerprint density at radius 2 is 2.04 bits per heavy atom. The van der Waals surface area contributed by atoms with E-state index in [1.807, 2.05) is 0 Å². The van der Waals surface area contributed by atoms with Crippen molar-refractivity contribution >= 4 is 28.2 Å². The molecule has 1 aliphatic rings. The second-order valence-corrected chi connectivity index (χ2v) is 7.67. The van der Waals surface area contributed by atoms with Gasteiger partial charge in [-0.15, -0.1) is 11.3 Å². The molecule has 0 saturated heterocycles. The number of amides is 1. The molecule has 6 heteroatoms. The van der Waals surface area contributed by atoms with Crippen LogP contribution in [0.4, 0.5) is 9.39 Å². The predicted octanol–water partition coefficient (Wildman–Crippen LogP) is 4.37. The molecule has 0 radical (unpaired) electrons. The van der Waals surface area contributed by atoms with Gasteiger partial charge in [0.1, 0.15) is 10.8 Å². The largest absolute Gasteiger partial charge is 0.465 e. The van der Waals surface area contributed by atoms with Crippen molar-refractivity contribution in [2.45, 2.75) is 39.0 Å². The van der Waals surface area contributed by atoms with Gasteiger partial charge in [0, 0.05) is 4.88 Å². The first-order valence-corrected chi connectivity index (χ1v) is 9.60. The van der Waals surface area contributed by atoms with E-state index in [9.17, 15) is 14.0 Å². The maximum atomic E-state index is 13.0. The van der Waals surface area contributed by atoms with Crippen molar-refractivity contribution in [3.63, 3.8) is 0 Å². The molecule has 1 atom stereocenters. The molecule has 4 nitrogen and oxygen atoms in total. The van der Waals surface area contributed by atoms with Gasteiger partial charge in [-0.2, -0.15) is 0 Å². The number of hydrogen-bond acceptors (Lipinski definition) is 4. The van der Waals surface area contributed by atoms with Crippen LogP contribution in [0, 0.1) is 11.7 Å². The van der Waals surface area contributed by atoms with Gasteiger partial charge in [-0.1, -0.05) is 25.5 Å². The molecule has 0 fully saturated rings. The van der Waals surface area contributed by atoms with E-state index < -0.39 is 5.97 Å². The summed E-state index contributed by atoms with van der Waals surface area (Å²) in [5.74, 6) is -0.352. The van der Waals surface area contributed by atoms with Crippen molar-refractivity contribution in [3.05, 3.63) is 51.7 Å². The van der Waals surface area contributed by atoms with Crippen molar-refractivity contribution in [2.24, 2.45) is 5.92 Å². The van der Waals surface area contributed by atoms with Gasteiger partial charge in [0.2, 0.25) is 5.91 Å². The highest BCUT2D eigenvalue weighted by Gasteiger charge is 2.29. The number of anilines is 1. The first-order chi connectivity index (χ1) is 12.5. The highest BCUT2D eigenvalue weighted by molar-refractivity contribution is 7.17. The van der Waals surface area contributed by atoms with Crippen molar-refractivity contribution in [1.29, 1.82) is 0 Å². The summed E-state index contributed by atoms with van der Waals surface area (Å²) in [5.41, 5.74) is 2.23. The van der Waals surface area contributed by atoms with Crippen LogP contribution in [0.5, 0.6) is 0 Å². The quantitative estimate of drug-likeness (QED) is 0.790. The molecular formula is C20H22FNO3S. The van der Waals surface area contributed by atoms with Crippen LogP contribution in [0.1, 0.15) is 46.1 Å². The first-order valence-electron chi connectivity index (χ1n) is 8.79. The SMILES string of the molecule is CC[C@@H]1CCc2c(sc(NC(=O)Cc3ccc(F)cc3)c2C(=O)OC)C1. The Labute approximate surface area is 156 Å². The van der Waals surface area contributed by atoms with E-state index in [-0.39, 0.29) is 18.1 Å². The Balaban J connectivity index is 1.82. The van der Waals surface area contributed by atoms with E-state index in [2.05, 4.69) is 12.2 Å². The van der Waals surface area contributed by atoms with Gasteiger partial charge >= 0.3 is 5.97 Å². The zero-order valence-corrected chi connectivity index (χ0v) is 15.7. The van der Waals surface area contributed by atoms with Crippen molar-refractivity contribution in [1.82, 2.24) is 0 Å². The lowest BCUT2D eigenvalue weighted by Gasteiger charge is -2.20. The van der Waals surface area contributed by atoms with Crippen LogP contribution in [0.15, 0.2) is 24.3 Å². The summed E-state index contributed by atoms with van der Waals surface area (Å²) in [7, 11) is 1.36. The first kappa shape index (κ1) is 18.6. The number of esters is 1. The lowest BCUT2D eigenvalue weighted by Crippen LogP contribution is -2.17. The zero-order chi connectivity index (χ0) is 18.7. The number of halogens is 1. The molecule has 26 heavy (non-hydrogen) atoms. The van der Waals surface area contributed by atoms with Crippen molar-refractivity contribution in [3.8, 4) is 0 Å². The molecule has 1 aromatic carbocycles. The smallest absolute Gasteiger partial charge is 0.341 e. The number of rotatable bonds is 5. The standard InChI is InChI=1S/C20H22FNO3S/c1-3-12-6-9-15-16(10-12)26-19(18(15)20(24)25-2)22-17(23)11-13-4-7-14(21)8-5-13/h4-5,7-8,12H,3,6,9-11H2,1-2H3,(H,22,23)/t12-/m1/s1. The number of hydrogen-bond donors (Lipinski definition) is 1. The number of nitrogens with one attached hydrogen (secondary N) is 1. The number of carbonyl (C=O) groups is 2. The molecule has 1 amide bonds. The number of carbonyl (C=O) groups excluding carboxylic acids is 2. The Hall–Kier alpha value is -2.21. The number of benzene rings is 1. The fraction of sp³-hybridized carbons (Fsp3) is 0.400. The normalized spacial score (nSPS) is 16.0. The highest BCUT2D eigenvalue weighted by Crippen LogP contribution is 2.40. The van der Waals surface area contributed by atoms with Crippen LogP contribution in [-0.4, -0.2) is 19.0 Å². The minimum atomic E-state index is -0.408. The second kappa shape index (κ2) is 7.99. The van der Waals surface area contributed by atoms with Gasteiger partial charge in [0.25, 0.3) is 0 Å². The molecule has 2 aromatic rings. The number of thiophene rings is 1. The summed E-state index contributed by atoms with van der Waals surface area (Å²) < 4.78 is 17.9. The second-order valence-electron chi connectivity index (χ2n) is 6.57. The molecule has 0 saturated carbocycles. The van der Waals surface area contributed by atoms with Crippen LogP contribution in [-0.2, 0) is 28.8 Å².